The van der Waals surface area contributed by atoms with Crippen LogP contribution < -0.4 is 10.7 Å². The number of pyridine rings is 1. The van der Waals surface area contributed by atoms with Crippen molar-refractivity contribution in [2.75, 3.05) is 13.1 Å². The molecular weight excluding hydrogens is 426 g/mol. The summed E-state index contributed by atoms with van der Waals surface area (Å²) < 4.78 is 1.78. The van der Waals surface area contributed by atoms with E-state index in [1.807, 2.05) is 48.5 Å². The van der Waals surface area contributed by atoms with Gasteiger partial charge in [-0.1, -0.05) is 60.7 Å². The number of amides is 2. The van der Waals surface area contributed by atoms with Crippen molar-refractivity contribution in [3.8, 4) is 0 Å². The van der Waals surface area contributed by atoms with Crippen LogP contribution in [0.5, 0.6) is 0 Å². The van der Waals surface area contributed by atoms with Crippen molar-refractivity contribution in [2.45, 2.75) is 44.2 Å². The first kappa shape index (κ1) is 22.1. The molecule has 6 heteroatoms. The van der Waals surface area contributed by atoms with Crippen molar-refractivity contribution in [1.29, 1.82) is 0 Å². The summed E-state index contributed by atoms with van der Waals surface area (Å²) in [4.78, 5) is 41.6. The van der Waals surface area contributed by atoms with E-state index in [-0.39, 0.29) is 29.0 Å². The third-order valence-electron chi connectivity index (χ3n) is 6.65. The van der Waals surface area contributed by atoms with Crippen molar-refractivity contribution < 1.29 is 9.59 Å². The zero-order chi connectivity index (χ0) is 23.5. The maximum Gasteiger partial charge on any atom is 0.259 e. The lowest BCUT2D eigenvalue weighted by Crippen LogP contribution is -2.42. The fourth-order valence-electron chi connectivity index (χ4n) is 4.65. The molecule has 1 unspecified atom stereocenters. The van der Waals surface area contributed by atoms with Crippen molar-refractivity contribution in [3.63, 3.8) is 0 Å². The van der Waals surface area contributed by atoms with Gasteiger partial charge in [0.2, 0.25) is 5.43 Å². The van der Waals surface area contributed by atoms with Gasteiger partial charge in [-0.25, -0.2) is 0 Å². The zero-order valence-electron chi connectivity index (χ0n) is 19.2. The third kappa shape index (κ3) is 4.96. The highest BCUT2D eigenvalue weighted by Gasteiger charge is 2.30. The molecule has 1 aromatic heterocycles. The van der Waals surface area contributed by atoms with E-state index in [1.54, 1.807) is 21.9 Å². The molecule has 1 N–H and O–H groups in total. The number of carbonyl (C=O) groups excluding carboxylic acids is 2. The second kappa shape index (κ2) is 9.67. The lowest BCUT2D eigenvalue weighted by atomic mass is 9.90. The number of hydrogen-bond acceptors (Lipinski definition) is 3. The Morgan fingerprint density at radius 2 is 1.56 bits per heavy atom. The number of nitrogens with one attached hydrogen (secondary N) is 1. The van der Waals surface area contributed by atoms with Crippen LogP contribution in [0.15, 0.2) is 77.9 Å². The Morgan fingerprint density at radius 1 is 0.882 bits per heavy atom. The van der Waals surface area contributed by atoms with Gasteiger partial charge in [0, 0.05) is 44.0 Å². The summed E-state index contributed by atoms with van der Waals surface area (Å²) in [6, 6.07) is 20.1. The number of piperidine rings is 1. The summed E-state index contributed by atoms with van der Waals surface area (Å²) in [5.74, 6) is -0.454. The molecule has 2 amide bonds. The summed E-state index contributed by atoms with van der Waals surface area (Å²) in [5, 5.41) is 2.90. The highest BCUT2D eigenvalue weighted by atomic mass is 16.2. The van der Waals surface area contributed by atoms with Crippen LogP contribution >= 0.6 is 0 Å². The molecular formula is C28H29N3O3. The zero-order valence-corrected chi connectivity index (χ0v) is 19.2. The SMILES string of the molecule is O=C(NC1CC1)c1cn(Cc2ccccc2)cc(C(=O)N2CCCC(c3ccccc3)C2)c1=O. The first-order chi connectivity index (χ1) is 16.6. The summed E-state index contributed by atoms with van der Waals surface area (Å²) in [5.41, 5.74) is 1.84. The first-order valence-corrected chi connectivity index (χ1v) is 12.0. The van der Waals surface area contributed by atoms with E-state index in [0.29, 0.717) is 19.6 Å². The molecule has 0 spiro atoms. The van der Waals surface area contributed by atoms with Gasteiger partial charge in [0.05, 0.1) is 0 Å². The van der Waals surface area contributed by atoms with Crippen molar-refractivity contribution >= 4 is 11.8 Å². The Labute approximate surface area is 199 Å². The first-order valence-electron chi connectivity index (χ1n) is 12.0. The van der Waals surface area contributed by atoms with Gasteiger partial charge in [0.1, 0.15) is 11.1 Å². The maximum absolute atomic E-state index is 13.6. The molecule has 1 aliphatic carbocycles. The topological polar surface area (TPSA) is 71.4 Å². The second-order valence-electron chi connectivity index (χ2n) is 9.32. The number of likely N-dealkylation sites (tertiary alicyclic amines) is 1. The van der Waals surface area contributed by atoms with E-state index in [0.717, 1.165) is 31.2 Å². The number of hydrogen-bond donors (Lipinski definition) is 1. The Kier molecular flexibility index (Phi) is 6.30. The van der Waals surface area contributed by atoms with Crippen molar-refractivity contribution in [1.82, 2.24) is 14.8 Å². The summed E-state index contributed by atoms with van der Waals surface area (Å²) >= 11 is 0. The van der Waals surface area contributed by atoms with E-state index >= 15 is 0 Å². The largest absolute Gasteiger partial charge is 0.349 e. The minimum atomic E-state index is -0.491. The van der Waals surface area contributed by atoms with Gasteiger partial charge in [-0.2, -0.15) is 0 Å². The molecule has 3 aromatic rings. The molecule has 2 heterocycles. The molecule has 2 fully saturated rings. The van der Waals surface area contributed by atoms with Gasteiger partial charge in [0.25, 0.3) is 11.8 Å². The number of carbonyl (C=O) groups is 2. The van der Waals surface area contributed by atoms with Crippen molar-refractivity contribution in [3.05, 3.63) is 106 Å². The summed E-state index contributed by atoms with van der Waals surface area (Å²) in [6.07, 6.45) is 6.93. The number of benzene rings is 2. The molecule has 1 saturated carbocycles. The fraction of sp³-hybridized carbons (Fsp3) is 0.321. The van der Waals surface area contributed by atoms with Crippen molar-refractivity contribution in [2.24, 2.45) is 0 Å². The Bertz CT molecular complexity index is 1230. The predicted molar refractivity (Wildman–Crippen MR) is 131 cm³/mol. The van der Waals surface area contributed by atoms with Crippen LogP contribution in [0.1, 0.15) is 63.4 Å². The summed E-state index contributed by atoms with van der Waals surface area (Å²) in [6.45, 7) is 1.65. The highest BCUT2D eigenvalue weighted by molar-refractivity contribution is 5.99. The third-order valence-corrected chi connectivity index (χ3v) is 6.65. The van der Waals surface area contributed by atoms with Gasteiger partial charge < -0.3 is 14.8 Å². The molecule has 1 aliphatic heterocycles. The standard InChI is InChI=1S/C28H29N3O3/c32-26-24(27(33)29-23-13-14-23)18-30(16-20-8-3-1-4-9-20)19-25(26)28(34)31-15-7-12-22(17-31)21-10-5-2-6-11-21/h1-6,8-11,18-19,22-23H,7,12-17H2,(H,29,33). The molecule has 1 saturated heterocycles. The van der Waals surface area contributed by atoms with Gasteiger partial charge in [0.15, 0.2) is 0 Å². The molecule has 6 nitrogen and oxygen atoms in total. The van der Waals surface area contributed by atoms with Crippen LogP contribution in [0.3, 0.4) is 0 Å². The smallest absolute Gasteiger partial charge is 0.259 e. The average Bonchev–Trinajstić information content (AvgIpc) is 3.70. The van der Waals surface area contributed by atoms with Crippen LogP contribution in [-0.4, -0.2) is 40.4 Å². The van der Waals surface area contributed by atoms with E-state index < -0.39 is 11.3 Å². The van der Waals surface area contributed by atoms with E-state index in [4.69, 9.17) is 0 Å². The Morgan fingerprint density at radius 3 is 2.26 bits per heavy atom. The van der Waals surface area contributed by atoms with Gasteiger partial charge in [-0.05, 0) is 36.8 Å². The molecule has 5 rings (SSSR count). The Hall–Kier alpha value is -3.67. The van der Waals surface area contributed by atoms with Gasteiger partial charge in [-0.15, -0.1) is 0 Å². The minimum absolute atomic E-state index is 0.0327. The second-order valence-corrected chi connectivity index (χ2v) is 9.32. The molecule has 34 heavy (non-hydrogen) atoms. The van der Waals surface area contributed by atoms with Crippen LogP contribution in [0, 0.1) is 0 Å². The number of nitrogens with zero attached hydrogens (tertiary/aromatic N) is 2. The highest BCUT2D eigenvalue weighted by Crippen LogP contribution is 2.27. The van der Waals surface area contributed by atoms with Crippen LogP contribution in [0.4, 0.5) is 0 Å². The lowest BCUT2D eigenvalue weighted by molar-refractivity contribution is 0.0705. The predicted octanol–water partition coefficient (Wildman–Crippen LogP) is 3.81. The number of aromatic nitrogens is 1. The number of rotatable bonds is 6. The quantitative estimate of drug-likeness (QED) is 0.615. The van der Waals surface area contributed by atoms with Crippen LogP contribution in [0.25, 0.3) is 0 Å². The molecule has 0 bridgehead atoms. The monoisotopic (exact) mass is 455 g/mol. The minimum Gasteiger partial charge on any atom is -0.349 e. The van der Waals surface area contributed by atoms with Crippen LogP contribution in [-0.2, 0) is 6.54 Å². The van der Waals surface area contributed by atoms with Crippen LogP contribution in [0.2, 0.25) is 0 Å². The van der Waals surface area contributed by atoms with Gasteiger partial charge >= 0.3 is 0 Å². The molecule has 174 valence electrons. The lowest BCUT2D eigenvalue weighted by Gasteiger charge is -2.33. The molecule has 2 aromatic carbocycles. The van der Waals surface area contributed by atoms with E-state index in [9.17, 15) is 14.4 Å². The normalized spacial score (nSPS) is 17.9. The van der Waals surface area contributed by atoms with E-state index in [1.165, 1.54) is 5.56 Å². The average molecular weight is 456 g/mol. The van der Waals surface area contributed by atoms with E-state index in [2.05, 4.69) is 17.4 Å². The molecule has 1 atom stereocenters. The molecule has 0 radical (unpaired) electrons. The molecule has 2 aliphatic rings. The maximum atomic E-state index is 13.6. The fourth-order valence-corrected chi connectivity index (χ4v) is 4.65. The van der Waals surface area contributed by atoms with Gasteiger partial charge in [-0.3, -0.25) is 14.4 Å². The summed E-state index contributed by atoms with van der Waals surface area (Å²) in [7, 11) is 0. The Balaban J connectivity index is 1.46.